The molecule has 8 heteroatoms. The molecule has 2 amide bonds. The van der Waals surface area contributed by atoms with Crippen molar-refractivity contribution < 1.29 is 9.59 Å². The van der Waals surface area contributed by atoms with Crippen LogP contribution in [0.15, 0.2) is 48.8 Å². The number of halogens is 2. The molecule has 1 aliphatic heterocycles. The molecule has 1 aromatic heterocycles. The van der Waals surface area contributed by atoms with Crippen LogP contribution >= 0.6 is 24.8 Å². The Morgan fingerprint density at radius 2 is 1.83 bits per heavy atom. The highest BCUT2D eigenvalue weighted by Gasteiger charge is 2.16. The molecule has 2 heterocycles. The van der Waals surface area contributed by atoms with Crippen LogP contribution in [0.3, 0.4) is 0 Å². The summed E-state index contributed by atoms with van der Waals surface area (Å²) in [4.78, 5) is 28.9. The Balaban J connectivity index is 0.00000210. The molecule has 0 bridgehead atoms. The summed E-state index contributed by atoms with van der Waals surface area (Å²) < 4.78 is 0. The minimum Gasteiger partial charge on any atom is -0.348 e. The molecule has 0 radical (unpaired) electrons. The Bertz CT molecular complexity index is 768. The van der Waals surface area contributed by atoms with Gasteiger partial charge in [0.1, 0.15) is 0 Å². The average Bonchev–Trinajstić information content (AvgIpc) is 2.72. The molecule has 0 aliphatic carbocycles. The summed E-state index contributed by atoms with van der Waals surface area (Å²) in [5, 5.41) is 9.11. The fraction of sp³-hybridized carbons (Fsp3) is 0.381. The van der Waals surface area contributed by atoms with Crippen molar-refractivity contribution in [1.82, 2.24) is 15.6 Å². The van der Waals surface area contributed by atoms with Crippen molar-refractivity contribution in [2.75, 3.05) is 18.4 Å². The number of hydrogen-bond donors (Lipinski definition) is 3. The number of carbonyl (C=O) groups is 2. The van der Waals surface area contributed by atoms with Gasteiger partial charge in [-0.25, -0.2) is 0 Å². The van der Waals surface area contributed by atoms with Gasteiger partial charge in [-0.3, -0.25) is 14.6 Å². The Morgan fingerprint density at radius 3 is 2.55 bits per heavy atom. The Hall–Kier alpha value is -2.15. The highest BCUT2D eigenvalue weighted by atomic mass is 35.5. The third kappa shape index (κ3) is 8.01. The van der Waals surface area contributed by atoms with Gasteiger partial charge in [-0.15, -0.1) is 24.8 Å². The van der Waals surface area contributed by atoms with Crippen molar-refractivity contribution in [3.8, 4) is 0 Å². The number of para-hydroxylation sites is 1. The van der Waals surface area contributed by atoms with E-state index in [4.69, 9.17) is 0 Å². The van der Waals surface area contributed by atoms with E-state index in [0.717, 1.165) is 37.9 Å². The summed E-state index contributed by atoms with van der Waals surface area (Å²) in [7, 11) is 0. The number of carbonyl (C=O) groups excluding carboxylic acids is 2. The SMILES string of the molecule is Cl.Cl.O=C(CCC1CCNCC1)Nc1ccccc1C(=O)NCc1cccnc1. The molecule has 2 aromatic rings. The lowest BCUT2D eigenvalue weighted by atomic mass is 9.93. The number of pyridine rings is 1. The lowest BCUT2D eigenvalue weighted by Gasteiger charge is -2.22. The standard InChI is InChI=1S/C21H26N4O2.2ClH/c26-20(8-7-16-9-12-22-13-10-16)25-19-6-2-1-5-18(19)21(27)24-15-17-4-3-11-23-14-17;;/h1-6,11,14,16,22H,7-10,12-13,15H2,(H,24,27)(H,25,26);2*1H. The zero-order valence-electron chi connectivity index (χ0n) is 16.2. The van der Waals surface area contributed by atoms with Crippen molar-refractivity contribution in [1.29, 1.82) is 0 Å². The maximum atomic E-state index is 12.5. The van der Waals surface area contributed by atoms with Crippen LogP contribution < -0.4 is 16.0 Å². The highest BCUT2D eigenvalue weighted by Crippen LogP contribution is 2.20. The molecule has 158 valence electrons. The van der Waals surface area contributed by atoms with Crippen LogP contribution in [0.25, 0.3) is 0 Å². The first-order valence-electron chi connectivity index (χ1n) is 9.49. The Labute approximate surface area is 184 Å². The first-order chi connectivity index (χ1) is 13.2. The number of nitrogens with one attached hydrogen (secondary N) is 3. The molecule has 0 spiro atoms. The second-order valence-corrected chi connectivity index (χ2v) is 6.87. The smallest absolute Gasteiger partial charge is 0.253 e. The van der Waals surface area contributed by atoms with Crippen molar-refractivity contribution in [2.24, 2.45) is 5.92 Å². The lowest BCUT2D eigenvalue weighted by Crippen LogP contribution is -2.28. The van der Waals surface area contributed by atoms with Crippen molar-refractivity contribution >= 4 is 42.3 Å². The van der Waals surface area contributed by atoms with Crippen molar-refractivity contribution in [3.05, 3.63) is 59.9 Å². The molecule has 1 aliphatic rings. The number of anilines is 1. The van der Waals surface area contributed by atoms with Crippen LogP contribution in [-0.2, 0) is 11.3 Å². The van der Waals surface area contributed by atoms with Gasteiger partial charge in [-0.1, -0.05) is 18.2 Å². The molecule has 3 rings (SSSR count). The summed E-state index contributed by atoms with van der Waals surface area (Å²) in [5.74, 6) is 0.351. The largest absolute Gasteiger partial charge is 0.348 e. The highest BCUT2D eigenvalue weighted by molar-refractivity contribution is 6.03. The Morgan fingerprint density at radius 1 is 1.07 bits per heavy atom. The minimum atomic E-state index is -0.215. The molecule has 6 nitrogen and oxygen atoms in total. The second-order valence-electron chi connectivity index (χ2n) is 6.87. The number of hydrogen-bond acceptors (Lipinski definition) is 4. The predicted octanol–water partition coefficient (Wildman–Crippen LogP) is 3.57. The quantitative estimate of drug-likeness (QED) is 0.616. The third-order valence-electron chi connectivity index (χ3n) is 4.86. The topological polar surface area (TPSA) is 83.1 Å². The number of rotatable bonds is 7. The van der Waals surface area contributed by atoms with Gasteiger partial charge < -0.3 is 16.0 Å². The van der Waals surface area contributed by atoms with Crippen LogP contribution in [0, 0.1) is 5.92 Å². The molecular formula is C21H28Cl2N4O2. The van der Waals surface area contributed by atoms with E-state index in [1.54, 1.807) is 30.6 Å². The van der Waals surface area contributed by atoms with Crippen LogP contribution in [0.5, 0.6) is 0 Å². The summed E-state index contributed by atoms with van der Waals surface area (Å²) in [6.07, 6.45) is 7.04. The predicted molar refractivity (Wildman–Crippen MR) is 120 cm³/mol. The van der Waals surface area contributed by atoms with Gasteiger partial charge in [0.2, 0.25) is 5.91 Å². The van der Waals surface area contributed by atoms with Gasteiger partial charge in [-0.2, -0.15) is 0 Å². The van der Waals surface area contributed by atoms with Crippen LogP contribution in [0.4, 0.5) is 5.69 Å². The van der Waals surface area contributed by atoms with Gasteiger partial charge in [0.15, 0.2) is 0 Å². The molecule has 3 N–H and O–H groups in total. The van der Waals surface area contributed by atoms with E-state index < -0.39 is 0 Å². The summed E-state index contributed by atoms with van der Waals surface area (Å²) in [6.45, 7) is 2.46. The monoisotopic (exact) mass is 438 g/mol. The number of aromatic nitrogens is 1. The molecule has 1 saturated heterocycles. The average molecular weight is 439 g/mol. The van der Waals surface area contributed by atoms with E-state index in [-0.39, 0.29) is 36.6 Å². The van der Waals surface area contributed by atoms with Crippen LogP contribution in [-0.4, -0.2) is 29.9 Å². The van der Waals surface area contributed by atoms with Gasteiger partial charge in [-0.05, 0) is 62.0 Å². The number of nitrogens with zero attached hydrogens (tertiary/aromatic N) is 1. The van der Waals surface area contributed by atoms with E-state index >= 15 is 0 Å². The van der Waals surface area contributed by atoms with Crippen LogP contribution in [0.1, 0.15) is 41.6 Å². The van der Waals surface area contributed by atoms with E-state index in [0.29, 0.717) is 30.1 Å². The van der Waals surface area contributed by atoms with Gasteiger partial charge in [0.05, 0.1) is 11.3 Å². The summed E-state index contributed by atoms with van der Waals surface area (Å²) in [5.41, 5.74) is 1.95. The normalized spacial score (nSPS) is 13.5. The maximum Gasteiger partial charge on any atom is 0.253 e. The second kappa shape index (κ2) is 13.1. The molecular weight excluding hydrogens is 411 g/mol. The van der Waals surface area contributed by atoms with E-state index in [1.165, 1.54) is 0 Å². The van der Waals surface area contributed by atoms with E-state index in [1.807, 2.05) is 18.2 Å². The summed E-state index contributed by atoms with van der Waals surface area (Å²) in [6, 6.07) is 10.8. The summed E-state index contributed by atoms with van der Waals surface area (Å²) >= 11 is 0. The van der Waals surface area contributed by atoms with Gasteiger partial charge >= 0.3 is 0 Å². The number of piperidine rings is 1. The first kappa shape index (κ1) is 24.9. The van der Waals surface area contributed by atoms with E-state index in [2.05, 4.69) is 20.9 Å². The van der Waals surface area contributed by atoms with Crippen molar-refractivity contribution in [3.63, 3.8) is 0 Å². The molecule has 0 atom stereocenters. The molecule has 1 aromatic carbocycles. The third-order valence-corrected chi connectivity index (χ3v) is 4.86. The minimum absolute atomic E-state index is 0. The Kier molecular flexibility index (Phi) is 11.3. The number of benzene rings is 1. The zero-order chi connectivity index (χ0) is 18.9. The maximum absolute atomic E-state index is 12.5. The molecule has 0 unspecified atom stereocenters. The van der Waals surface area contributed by atoms with Gasteiger partial charge in [0, 0.05) is 25.4 Å². The van der Waals surface area contributed by atoms with E-state index in [9.17, 15) is 9.59 Å². The van der Waals surface area contributed by atoms with Gasteiger partial charge in [0.25, 0.3) is 5.91 Å². The molecule has 1 fully saturated rings. The molecule has 29 heavy (non-hydrogen) atoms. The first-order valence-corrected chi connectivity index (χ1v) is 9.49. The lowest BCUT2D eigenvalue weighted by molar-refractivity contribution is -0.116. The molecule has 0 saturated carbocycles. The van der Waals surface area contributed by atoms with Crippen LogP contribution in [0.2, 0.25) is 0 Å². The number of amides is 2. The fourth-order valence-corrected chi connectivity index (χ4v) is 3.29. The van der Waals surface area contributed by atoms with Crippen molar-refractivity contribution in [2.45, 2.75) is 32.2 Å². The zero-order valence-corrected chi connectivity index (χ0v) is 17.9. The fourth-order valence-electron chi connectivity index (χ4n) is 3.29.